The molecule has 0 aromatic rings. The van der Waals surface area contributed by atoms with E-state index in [9.17, 15) is 0 Å². The largest absolute Gasteiger partial charge is 0.394 e. The summed E-state index contributed by atoms with van der Waals surface area (Å²) >= 11 is 0. The molecular weight excluding hydrogens is 256 g/mol. The van der Waals surface area contributed by atoms with E-state index in [0.29, 0.717) is 13.2 Å². The summed E-state index contributed by atoms with van der Waals surface area (Å²) in [6.07, 6.45) is 10.6. The lowest BCUT2D eigenvalue weighted by molar-refractivity contribution is 0.0650. The van der Waals surface area contributed by atoms with Crippen molar-refractivity contribution in [1.29, 1.82) is 0 Å². The number of ether oxygens (including phenoxy) is 2. The predicted molar refractivity (Wildman–Crippen MR) is 84.1 cm³/mol. The van der Waals surface area contributed by atoms with Crippen LogP contribution in [-0.4, -0.2) is 49.9 Å². The number of aliphatic hydroxyl groups is 2. The number of hydrogen-bond donors (Lipinski definition) is 2. The van der Waals surface area contributed by atoms with E-state index < -0.39 is 0 Å². The van der Waals surface area contributed by atoms with Crippen molar-refractivity contribution in [3.05, 3.63) is 0 Å². The van der Waals surface area contributed by atoms with E-state index >= 15 is 0 Å². The fourth-order valence-electron chi connectivity index (χ4n) is 1.60. The van der Waals surface area contributed by atoms with Crippen LogP contribution in [0.1, 0.15) is 65.2 Å². The van der Waals surface area contributed by atoms with Crippen molar-refractivity contribution in [2.45, 2.75) is 65.2 Å². The third-order valence-electron chi connectivity index (χ3n) is 2.76. The lowest BCUT2D eigenvalue weighted by Crippen LogP contribution is -2.03. The average Bonchev–Trinajstić information content (AvgIpc) is 2.47. The Morgan fingerprint density at radius 1 is 0.550 bits per heavy atom. The van der Waals surface area contributed by atoms with Gasteiger partial charge in [-0.05, 0) is 12.8 Å². The number of unbranched alkanes of at least 4 members (excludes halogenated alkanes) is 6. The Kier molecular flexibility index (Phi) is 26.4. The highest BCUT2D eigenvalue weighted by Gasteiger charge is 1.90. The first-order chi connectivity index (χ1) is 9.83. The van der Waals surface area contributed by atoms with Crippen molar-refractivity contribution in [3.8, 4) is 0 Å². The molecule has 0 aliphatic rings. The maximum atomic E-state index is 8.09. The lowest BCUT2D eigenvalue weighted by atomic mass is 10.2. The van der Waals surface area contributed by atoms with E-state index in [1.54, 1.807) is 0 Å². The van der Waals surface area contributed by atoms with Crippen molar-refractivity contribution in [3.63, 3.8) is 0 Å². The molecule has 0 atom stereocenters. The van der Waals surface area contributed by atoms with Gasteiger partial charge in [-0.2, -0.15) is 0 Å². The molecule has 0 amide bonds. The van der Waals surface area contributed by atoms with Crippen LogP contribution in [0.5, 0.6) is 0 Å². The molecule has 0 aliphatic carbocycles. The zero-order valence-corrected chi connectivity index (χ0v) is 13.6. The van der Waals surface area contributed by atoms with Crippen molar-refractivity contribution >= 4 is 0 Å². The third kappa shape index (κ3) is 26.4. The van der Waals surface area contributed by atoms with Crippen LogP contribution < -0.4 is 0 Å². The summed E-state index contributed by atoms with van der Waals surface area (Å²) in [5.41, 5.74) is 0. The summed E-state index contributed by atoms with van der Waals surface area (Å²) in [5, 5.41) is 16.2. The van der Waals surface area contributed by atoms with Gasteiger partial charge in [0.1, 0.15) is 0 Å². The summed E-state index contributed by atoms with van der Waals surface area (Å²) in [7, 11) is 0. The Hall–Kier alpha value is -0.160. The lowest BCUT2D eigenvalue weighted by Gasteiger charge is -2.03. The Balaban J connectivity index is 0. The maximum Gasteiger partial charge on any atom is 0.0698 e. The molecule has 4 heteroatoms. The van der Waals surface area contributed by atoms with E-state index in [4.69, 9.17) is 14.9 Å². The number of rotatable bonds is 14. The third-order valence-corrected chi connectivity index (χ3v) is 2.76. The quantitative estimate of drug-likeness (QED) is 0.483. The van der Waals surface area contributed by atoms with Crippen molar-refractivity contribution < 1.29 is 19.7 Å². The van der Waals surface area contributed by atoms with Gasteiger partial charge in [-0.25, -0.2) is 0 Å². The Bertz CT molecular complexity index is 128. The first kappa shape index (κ1) is 22.1. The molecule has 0 aliphatic heterocycles. The minimum absolute atomic E-state index is 0.0278. The van der Waals surface area contributed by atoms with Crippen LogP contribution in [0.3, 0.4) is 0 Å². The Morgan fingerprint density at radius 2 is 0.950 bits per heavy atom. The molecule has 0 radical (unpaired) electrons. The SMILES string of the molecule is CCCCCCCOCCCCC.OCCOCCO. The fourth-order valence-corrected chi connectivity index (χ4v) is 1.60. The molecule has 0 saturated carbocycles. The first-order valence-corrected chi connectivity index (χ1v) is 8.20. The molecule has 124 valence electrons. The van der Waals surface area contributed by atoms with Crippen LogP contribution in [0.2, 0.25) is 0 Å². The number of hydrogen-bond acceptors (Lipinski definition) is 4. The number of aliphatic hydroxyl groups excluding tert-OH is 2. The van der Waals surface area contributed by atoms with Crippen LogP contribution in [0.15, 0.2) is 0 Å². The van der Waals surface area contributed by atoms with E-state index in [1.807, 2.05) is 0 Å². The molecule has 0 spiro atoms. The zero-order valence-electron chi connectivity index (χ0n) is 13.6. The van der Waals surface area contributed by atoms with Gasteiger partial charge in [0.25, 0.3) is 0 Å². The van der Waals surface area contributed by atoms with E-state index in [-0.39, 0.29) is 13.2 Å². The molecule has 0 heterocycles. The molecule has 2 N–H and O–H groups in total. The highest BCUT2D eigenvalue weighted by Crippen LogP contribution is 2.02. The molecule has 0 saturated heterocycles. The zero-order chi connectivity index (χ0) is 15.3. The molecule has 0 bridgehead atoms. The van der Waals surface area contributed by atoms with E-state index in [0.717, 1.165) is 13.2 Å². The fraction of sp³-hybridized carbons (Fsp3) is 1.00. The van der Waals surface area contributed by atoms with Gasteiger partial charge in [-0.1, -0.05) is 52.4 Å². The summed E-state index contributed by atoms with van der Waals surface area (Å²) < 4.78 is 10.1. The van der Waals surface area contributed by atoms with Crippen LogP contribution in [0, 0.1) is 0 Å². The van der Waals surface area contributed by atoms with Gasteiger partial charge in [-0.3, -0.25) is 0 Å². The second kappa shape index (κ2) is 23.9. The van der Waals surface area contributed by atoms with Crippen LogP contribution in [0.25, 0.3) is 0 Å². The summed E-state index contributed by atoms with van der Waals surface area (Å²) in [5.74, 6) is 0. The van der Waals surface area contributed by atoms with Gasteiger partial charge in [-0.15, -0.1) is 0 Å². The minimum Gasteiger partial charge on any atom is -0.394 e. The maximum absolute atomic E-state index is 8.09. The van der Waals surface area contributed by atoms with Gasteiger partial charge in [0.2, 0.25) is 0 Å². The monoisotopic (exact) mass is 292 g/mol. The molecule has 20 heavy (non-hydrogen) atoms. The summed E-state index contributed by atoms with van der Waals surface area (Å²) in [6.45, 7) is 7.13. The highest BCUT2D eigenvalue weighted by atomic mass is 16.5. The molecule has 0 unspecified atom stereocenters. The molecule has 0 fully saturated rings. The molecule has 4 nitrogen and oxygen atoms in total. The van der Waals surface area contributed by atoms with Crippen molar-refractivity contribution in [2.24, 2.45) is 0 Å². The van der Waals surface area contributed by atoms with Gasteiger partial charge in [0.05, 0.1) is 26.4 Å². The predicted octanol–water partition coefficient (Wildman–Crippen LogP) is 3.15. The molecule has 0 aromatic carbocycles. The second-order valence-corrected chi connectivity index (χ2v) is 4.79. The highest BCUT2D eigenvalue weighted by molar-refractivity contribution is 4.42. The van der Waals surface area contributed by atoms with Gasteiger partial charge in [0.15, 0.2) is 0 Å². The normalized spacial score (nSPS) is 10.2. The average molecular weight is 292 g/mol. The van der Waals surface area contributed by atoms with E-state index in [2.05, 4.69) is 18.6 Å². The van der Waals surface area contributed by atoms with Crippen molar-refractivity contribution in [2.75, 3.05) is 39.6 Å². The standard InChI is InChI=1S/C12H26O.C4H10O3/c1-3-5-7-8-10-12-13-11-9-6-4-2;5-1-3-7-4-2-6/h3-12H2,1-2H3;5-6H,1-4H2. The summed E-state index contributed by atoms with van der Waals surface area (Å²) in [6, 6.07) is 0. The Morgan fingerprint density at radius 3 is 1.45 bits per heavy atom. The molecule has 0 rings (SSSR count). The first-order valence-electron chi connectivity index (χ1n) is 8.20. The van der Waals surface area contributed by atoms with Crippen LogP contribution in [0.4, 0.5) is 0 Å². The second-order valence-electron chi connectivity index (χ2n) is 4.79. The van der Waals surface area contributed by atoms with Gasteiger partial charge >= 0.3 is 0 Å². The summed E-state index contributed by atoms with van der Waals surface area (Å²) in [4.78, 5) is 0. The van der Waals surface area contributed by atoms with Gasteiger partial charge in [0, 0.05) is 13.2 Å². The Labute approximate surface area is 125 Å². The molecule has 0 aromatic heterocycles. The van der Waals surface area contributed by atoms with Crippen LogP contribution in [-0.2, 0) is 9.47 Å². The van der Waals surface area contributed by atoms with Crippen molar-refractivity contribution in [1.82, 2.24) is 0 Å². The topological polar surface area (TPSA) is 58.9 Å². The smallest absolute Gasteiger partial charge is 0.0698 e. The van der Waals surface area contributed by atoms with Crippen LogP contribution >= 0.6 is 0 Å². The van der Waals surface area contributed by atoms with E-state index in [1.165, 1.54) is 51.4 Å². The molecular formula is C16H36O4. The minimum atomic E-state index is 0.0278. The van der Waals surface area contributed by atoms with Gasteiger partial charge < -0.3 is 19.7 Å².